The van der Waals surface area contributed by atoms with Gasteiger partial charge in [-0.15, -0.1) is 0 Å². The Morgan fingerprint density at radius 2 is 1.91 bits per heavy atom. The molecule has 0 saturated carbocycles. The molecule has 1 aliphatic carbocycles. The molecule has 1 aliphatic rings. The van der Waals surface area contributed by atoms with Crippen LogP contribution in [0, 0.1) is 19.1 Å². The Morgan fingerprint density at radius 1 is 1.18 bits per heavy atom. The summed E-state index contributed by atoms with van der Waals surface area (Å²) in [6.07, 6.45) is 4.74. The molecule has 9 heteroatoms. The van der Waals surface area contributed by atoms with Crippen molar-refractivity contribution < 1.29 is 14.7 Å². The lowest BCUT2D eigenvalue weighted by atomic mass is 9.96. The number of nitrogens with one attached hydrogen (secondary N) is 2. The fourth-order valence-corrected chi connectivity index (χ4v) is 4.26. The Labute approximate surface area is 191 Å². The predicted molar refractivity (Wildman–Crippen MR) is 126 cm³/mol. The summed E-state index contributed by atoms with van der Waals surface area (Å²) in [5.41, 5.74) is 4.03. The second kappa shape index (κ2) is 9.35. The number of hydrogen-bond donors (Lipinski definition) is 3. The molecule has 1 aromatic heterocycles. The van der Waals surface area contributed by atoms with Crippen LogP contribution in [0.25, 0.3) is 5.69 Å². The summed E-state index contributed by atoms with van der Waals surface area (Å²) in [5, 5.41) is 31.3. The summed E-state index contributed by atoms with van der Waals surface area (Å²) in [4.78, 5) is 12.4. The number of ether oxygens (including phenoxy) is 1. The molecule has 2 atom stereocenters. The Balaban J connectivity index is 1.45. The number of amides is 2. The van der Waals surface area contributed by atoms with E-state index < -0.39 is 0 Å². The molecule has 1 heterocycles. The van der Waals surface area contributed by atoms with E-state index in [9.17, 15) is 15.2 Å². The summed E-state index contributed by atoms with van der Waals surface area (Å²) in [6.45, 7) is 3.85. The molecule has 0 radical (unpaired) electrons. The molecule has 9 nitrogen and oxygen atoms in total. The normalized spacial score (nSPS) is 17.1. The van der Waals surface area contributed by atoms with Gasteiger partial charge in [-0.05, 0) is 56.7 Å². The number of aromatic nitrogens is 2. The van der Waals surface area contributed by atoms with Crippen LogP contribution in [0.4, 0.5) is 16.2 Å². The molecule has 0 spiro atoms. The van der Waals surface area contributed by atoms with E-state index in [-0.39, 0.29) is 28.9 Å². The number of carbonyl (C=O) groups is 1. The molecular weight excluding hydrogens is 422 g/mol. The number of urea groups is 1. The summed E-state index contributed by atoms with van der Waals surface area (Å²) in [5.74, 6) is 0.785. The minimum absolute atomic E-state index is 0.0645. The number of benzene rings is 2. The smallest absolute Gasteiger partial charge is 0.319 e. The van der Waals surface area contributed by atoms with Gasteiger partial charge in [0.1, 0.15) is 5.75 Å². The summed E-state index contributed by atoms with van der Waals surface area (Å²) < 4.78 is 6.80. The number of nitrogens with zero attached hydrogens (tertiary/aromatic N) is 3. The highest BCUT2D eigenvalue weighted by molar-refractivity contribution is 5.89. The van der Waals surface area contributed by atoms with Crippen molar-refractivity contribution in [2.24, 2.45) is 0 Å². The zero-order chi connectivity index (χ0) is 23.5. The predicted octanol–water partition coefficient (Wildman–Crippen LogP) is 4.42. The van der Waals surface area contributed by atoms with Crippen molar-refractivity contribution in [3.05, 3.63) is 82.8 Å². The number of carbonyl (C=O) groups excluding carboxylic acids is 1. The maximum atomic E-state index is 12.4. The number of aryl methyl sites for hydroxylation is 1. The third-order valence-electron chi connectivity index (χ3n) is 5.78. The van der Waals surface area contributed by atoms with Crippen molar-refractivity contribution in [2.75, 3.05) is 17.7 Å². The Bertz CT molecular complexity index is 1170. The number of hydrogen-bond acceptors (Lipinski definition) is 6. The van der Waals surface area contributed by atoms with Gasteiger partial charge in [-0.1, -0.05) is 24.3 Å². The van der Waals surface area contributed by atoms with Crippen molar-refractivity contribution in [3.8, 4) is 11.4 Å². The first-order valence-corrected chi connectivity index (χ1v) is 10.6. The number of allylic oxidation sites excluding steroid dienone is 1. The standard InChI is InChI=1S/C24H26N5O4/c1-15-23(16(2)28(27-15)21-6-4-5-7-22(21)29(31)32)17-8-9-19(14-17)26-24(30)25-18-10-12-20(33-3)13-11-18/h4-13,17,19,31H,14H2,1-3H3,(H2,25,26,30)/q-1. The first-order valence-electron chi connectivity index (χ1n) is 10.6. The zero-order valence-electron chi connectivity index (χ0n) is 18.6. The highest BCUT2D eigenvalue weighted by Crippen LogP contribution is 2.35. The van der Waals surface area contributed by atoms with Gasteiger partial charge < -0.3 is 25.8 Å². The molecule has 0 aliphatic heterocycles. The van der Waals surface area contributed by atoms with Crippen LogP contribution in [0.5, 0.6) is 5.75 Å². The largest absolute Gasteiger partial charge is 0.733 e. The van der Waals surface area contributed by atoms with Crippen LogP contribution in [0.1, 0.15) is 29.3 Å². The molecule has 172 valence electrons. The Hall–Kier alpha value is -3.82. The van der Waals surface area contributed by atoms with E-state index in [4.69, 9.17) is 4.74 Å². The van der Waals surface area contributed by atoms with E-state index in [0.717, 1.165) is 22.7 Å². The molecule has 3 aromatic rings. The van der Waals surface area contributed by atoms with E-state index in [2.05, 4.69) is 21.8 Å². The van der Waals surface area contributed by atoms with Crippen molar-refractivity contribution in [1.82, 2.24) is 15.1 Å². The van der Waals surface area contributed by atoms with Crippen molar-refractivity contribution in [2.45, 2.75) is 32.2 Å². The first-order chi connectivity index (χ1) is 15.9. The lowest BCUT2D eigenvalue weighted by Crippen LogP contribution is -2.36. The zero-order valence-corrected chi connectivity index (χ0v) is 18.6. The molecule has 2 amide bonds. The van der Waals surface area contributed by atoms with Crippen LogP contribution < -0.4 is 20.6 Å². The van der Waals surface area contributed by atoms with Gasteiger partial charge in [0, 0.05) is 28.9 Å². The SMILES string of the molecule is COc1ccc(NC(=O)NC2C=CC(c3c(C)nn(-c4ccccc4N([O-])O)c3C)C2)cc1. The summed E-state index contributed by atoms with van der Waals surface area (Å²) >= 11 is 0. The van der Waals surface area contributed by atoms with E-state index in [1.54, 1.807) is 54.3 Å². The maximum Gasteiger partial charge on any atom is 0.319 e. The summed E-state index contributed by atoms with van der Waals surface area (Å²) in [7, 11) is 1.59. The molecular formula is C24H26N5O4-. The monoisotopic (exact) mass is 448 g/mol. The topological polar surface area (TPSA) is 115 Å². The Morgan fingerprint density at radius 3 is 2.61 bits per heavy atom. The number of anilines is 2. The van der Waals surface area contributed by atoms with E-state index in [0.29, 0.717) is 17.8 Å². The molecule has 2 unspecified atom stereocenters. The van der Waals surface area contributed by atoms with Crippen molar-refractivity contribution >= 4 is 17.4 Å². The second-order valence-corrected chi connectivity index (χ2v) is 7.92. The average Bonchev–Trinajstić information content (AvgIpc) is 3.37. The van der Waals surface area contributed by atoms with Crippen molar-refractivity contribution in [1.29, 1.82) is 0 Å². The molecule has 33 heavy (non-hydrogen) atoms. The summed E-state index contributed by atoms with van der Waals surface area (Å²) in [6, 6.07) is 13.4. The maximum absolute atomic E-state index is 12.4. The van der Waals surface area contributed by atoms with Gasteiger partial charge in [0.25, 0.3) is 0 Å². The van der Waals surface area contributed by atoms with E-state index in [1.165, 1.54) is 6.07 Å². The third-order valence-corrected chi connectivity index (χ3v) is 5.78. The Kier molecular flexibility index (Phi) is 6.34. The molecule has 0 fully saturated rings. The van der Waals surface area contributed by atoms with Crippen LogP contribution >= 0.6 is 0 Å². The second-order valence-electron chi connectivity index (χ2n) is 7.92. The minimum atomic E-state index is -0.285. The first kappa shape index (κ1) is 22.4. The lowest BCUT2D eigenvalue weighted by molar-refractivity contribution is 0.250. The average molecular weight is 449 g/mol. The van der Waals surface area contributed by atoms with Gasteiger partial charge in [-0.25, -0.2) is 9.48 Å². The fourth-order valence-electron chi connectivity index (χ4n) is 4.26. The number of rotatable bonds is 6. The van der Waals surface area contributed by atoms with Gasteiger partial charge in [-0.3, -0.25) is 5.21 Å². The van der Waals surface area contributed by atoms with Crippen LogP contribution in [-0.4, -0.2) is 34.2 Å². The number of para-hydroxylation sites is 2. The van der Waals surface area contributed by atoms with Gasteiger partial charge in [-0.2, -0.15) is 5.10 Å². The van der Waals surface area contributed by atoms with Gasteiger partial charge in [0.2, 0.25) is 0 Å². The van der Waals surface area contributed by atoms with Gasteiger partial charge in [0.15, 0.2) is 0 Å². The molecule has 0 saturated heterocycles. The van der Waals surface area contributed by atoms with Crippen molar-refractivity contribution in [3.63, 3.8) is 0 Å². The van der Waals surface area contributed by atoms with Gasteiger partial charge in [0.05, 0.1) is 24.2 Å². The molecule has 3 N–H and O–H groups in total. The fraction of sp³-hybridized carbons (Fsp3) is 0.250. The van der Waals surface area contributed by atoms with E-state index >= 15 is 0 Å². The van der Waals surface area contributed by atoms with Crippen LogP contribution in [0.3, 0.4) is 0 Å². The highest BCUT2D eigenvalue weighted by atomic mass is 16.8. The third kappa shape index (κ3) is 4.69. The van der Waals surface area contributed by atoms with Crippen LogP contribution in [0.2, 0.25) is 0 Å². The molecule has 4 rings (SSSR count). The van der Waals surface area contributed by atoms with Crippen LogP contribution in [-0.2, 0) is 0 Å². The molecule has 0 bridgehead atoms. The highest BCUT2D eigenvalue weighted by Gasteiger charge is 2.27. The quantitative estimate of drug-likeness (QED) is 0.380. The minimum Gasteiger partial charge on any atom is -0.733 e. The molecule has 2 aromatic carbocycles. The lowest BCUT2D eigenvalue weighted by Gasteiger charge is -2.24. The number of methoxy groups -OCH3 is 1. The van der Waals surface area contributed by atoms with E-state index in [1.807, 2.05) is 19.9 Å². The van der Waals surface area contributed by atoms with Gasteiger partial charge >= 0.3 is 6.03 Å². The van der Waals surface area contributed by atoms with Crippen LogP contribution in [0.15, 0.2) is 60.7 Å².